The Balaban J connectivity index is 2.71. The number of carbonyl (C=O) groups excluding carboxylic acids is 1. The second kappa shape index (κ2) is 5.11. The zero-order valence-electron chi connectivity index (χ0n) is 9.54. The highest BCUT2D eigenvalue weighted by Gasteiger charge is 2.33. The van der Waals surface area contributed by atoms with E-state index in [-0.39, 0.29) is 5.97 Å². The number of rotatable bonds is 5. The lowest BCUT2D eigenvalue weighted by Gasteiger charge is -2.27. The van der Waals surface area contributed by atoms with Gasteiger partial charge in [0, 0.05) is 6.20 Å². The van der Waals surface area contributed by atoms with Gasteiger partial charge in [-0.3, -0.25) is 5.10 Å². The van der Waals surface area contributed by atoms with Gasteiger partial charge >= 0.3 is 5.97 Å². The lowest BCUT2D eigenvalue weighted by molar-refractivity contribution is 0.0711. The monoisotopic (exact) mass is 226 g/mol. The molecule has 1 N–H and O–H groups in total. The topological polar surface area (TPSA) is 55.0 Å². The molecule has 1 heterocycles. The normalized spacial score (nSPS) is 11.4. The summed E-state index contributed by atoms with van der Waals surface area (Å²) >= 11 is 0. The van der Waals surface area contributed by atoms with Crippen LogP contribution in [0.3, 0.4) is 0 Å². The van der Waals surface area contributed by atoms with Gasteiger partial charge in [-0.05, 0) is 24.2 Å². The van der Waals surface area contributed by atoms with Crippen LogP contribution >= 0.6 is 0 Å². The summed E-state index contributed by atoms with van der Waals surface area (Å²) in [5, 5.41) is 6.37. The molecule has 84 valence electrons. The zero-order valence-corrected chi connectivity index (χ0v) is 10.5. The summed E-state index contributed by atoms with van der Waals surface area (Å²) in [7, 11) is -1.83. The second-order valence-electron chi connectivity index (χ2n) is 3.60. The van der Waals surface area contributed by atoms with Crippen molar-refractivity contribution in [2.24, 2.45) is 0 Å². The van der Waals surface area contributed by atoms with E-state index < -0.39 is 8.32 Å². The van der Waals surface area contributed by atoms with E-state index in [9.17, 15) is 4.79 Å². The summed E-state index contributed by atoms with van der Waals surface area (Å²) in [6.07, 6.45) is 1.56. The molecule has 15 heavy (non-hydrogen) atoms. The molecule has 0 bridgehead atoms. The van der Waals surface area contributed by atoms with Crippen molar-refractivity contribution in [3.8, 4) is 0 Å². The largest absolute Gasteiger partial charge is 0.515 e. The zero-order chi connectivity index (χ0) is 11.3. The average Bonchev–Trinajstić information content (AvgIpc) is 2.79. The van der Waals surface area contributed by atoms with Crippen LogP contribution in [0.15, 0.2) is 12.3 Å². The third-order valence-corrected chi connectivity index (χ3v) is 7.45. The minimum absolute atomic E-state index is 0.260. The molecule has 1 rings (SSSR count). The molecule has 1 aromatic rings. The number of carbonyl (C=O) groups is 1. The minimum atomic E-state index is -1.83. The van der Waals surface area contributed by atoms with Gasteiger partial charge in [-0.2, -0.15) is 5.10 Å². The van der Waals surface area contributed by atoms with Gasteiger partial charge < -0.3 is 4.43 Å². The van der Waals surface area contributed by atoms with E-state index in [4.69, 9.17) is 4.43 Å². The summed E-state index contributed by atoms with van der Waals surface area (Å²) in [5.41, 5.74) is 0.447. The standard InChI is InChI=1S/C10H18N2O2Si/c1-4-15(5-2,6-3)14-10(13)9-7-8-11-12-9/h7-8H,4-6H2,1-3H3,(H,11,12). The predicted octanol–water partition coefficient (Wildman–Crippen LogP) is 2.57. The fourth-order valence-electron chi connectivity index (χ4n) is 1.59. The number of hydrogen-bond acceptors (Lipinski definition) is 3. The Bertz CT molecular complexity index is 299. The minimum Gasteiger partial charge on any atom is -0.515 e. The average molecular weight is 226 g/mol. The number of aromatic amines is 1. The van der Waals surface area contributed by atoms with Crippen molar-refractivity contribution in [3.63, 3.8) is 0 Å². The van der Waals surface area contributed by atoms with Gasteiger partial charge in [-0.1, -0.05) is 20.8 Å². The van der Waals surface area contributed by atoms with Crippen molar-refractivity contribution in [1.29, 1.82) is 0 Å². The number of nitrogens with zero attached hydrogens (tertiary/aromatic N) is 1. The van der Waals surface area contributed by atoms with Crippen molar-refractivity contribution in [2.75, 3.05) is 0 Å². The molecule has 0 spiro atoms. The second-order valence-corrected chi connectivity index (χ2v) is 8.29. The Morgan fingerprint density at radius 1 is 1.40 bits per heavy atom. The van der Waals surface area contributed by atoms with Crippen LogP contribution in [0.5, 0.6) is 0 Å². The first-order valence-corrected chi connectivity index (χ1v) is 7.93. The van der Waals surface area contributed by atoms with Crippen LogP contribution in [-0.4, -0.2) is 24.5 Å². The lowest BCUT2D eigenvalue weighted by atomic mass is 10.5. The smallest absolute Gasteiger partial charge is 0.343 e. The van der Waals surface area contributed by atoms with E-state index >= 15 is 0 Å². The Labute approximate surface area is 91.2 Å². The molecule has 0 aromatic carbocycles. The molecule has 0 atom stereocenters. The molecule has 0 aliphatic rings. The molecule has 0 aliphatic heterocycles. The van der Waals surface area contributed by atoms with Crippen LogP contribution in [0.2, 0.25) is 18.1 Å². The maximum Gasteiger partial charge on any atom is 0.343 e. The first-order chi connectivity index (χ1) is 7.17. The van der Waals surface area contributed by atoms with Crippen molar-refractivity contribution in [3.05, 3.63) is 18.0 Å². The van der Waals surface area contributed by atoms with E-state index in [1.54, 1.807) is 12.3 Å². The van der Waals surface area contributed by atoms with Gasteiger partial charge in [0.1, 0.15) is 5.69 Å². The van der Waals surface area contributed by atoms with Gasteiger partial charge in [0.15, 0.2) is 0 Å². The molecule has 4 nitrogen and oxygen atoms in total. The lowest BCUT2D eigenvalue weighted by Crippen LogP contribution is -2.38. The molecule has 5 heteroatoms. The van der Waals surface area contributed by atoms with Gasteiger partial charge in [0.2, 0.25) is 0 Å². The van der Waals surface area contributed by atoms with Gasteiger partial charge in [-0.15, -0.1) is 0 Å². The highest BCUT2D eigenvalue weighted by Crippen LogP contribution is 2.22. The Morgan fingerprint density at radius 2 is 2.00 bits per heavy atom. The number of nitrogens with one attached hydrogen (secondary N) is 1. The van der Waals surface area contributed by atoms with Crippen LogP contribution in [0.1, 0.15) is 31.3 Å². The fraction of sp³-hybridized carbons (Fsp3) is 0.600. The summed E-state index contributed by atoms with van der Waals surface area (Å²) in [5.74, 6) is -0.260. The van der Waals surface area contributed by atoms with Crippen LogP contribution in [0, 0.1) is 0 Å². The quantitative estimate of drug-likeness (QED) is 0.785. The fourth-order valence-corrected chi connectivity index (χ4v) is 4.02. The molecule has 0 aliphatic carbocycles. The van der Waals surface area contributed by atoms with Crippen LogP contribution in [-0.2, 0) is 4.43 Å². The van der Waals surface area contributed by atoms with Crippen LogP contribution in [0.25, 0.3) is 0 Å². The number of hydrogen-bond donors (Lipinski definition) is 1. The molecule has 0 saturated heterocycles. The molecular weight excluding hydrogens is 208 g/mol. The number of H-pyrrole nitrogens is 1. The predicted molar refractivity (Wildman–Crippen MR) is 61.2 cm³/mol. The first kappa shape index (κ1) is 12.0. The molecule has 0 unspecified atom stereocenters. The Hall–Kier alpha value is -1.10. The molecule has 0 radical (unpaired) electrons. The molecule has 0 amide bonds. The number of aromatic nitrogens is 2. The maximum absolute atomic E-state index is 11.7. The van der Waals surface area contributed by atoms with Crippen molar-refractivity contribution in [2.45, 2.75) is 38.9 Å². The van der Waals surface area contributed by atoms with Gasteiger partial charge in [-0.25, -0.2) is 4.79 Å². The van der Waals surface area contributed by atoms with Crippen LogP contribution < -0.4 is 0 Å². The molecular formula is C10H18N2O2Si. The SMILES string of the molecule is CC[Si](CC)(CC)OC(=O)c1ccn[nH]1. The highest BCUT2D eigenvalue weighted by molar-refractivity contribution is 6.75. The summed E-state index contributed by atoms with van der Waals surface area (Å²) in [4.78, 5) is 11.7. The van der Waals surface area contributed by atoms with Crippen molar-refractivity contribution < 1.29 is 9.22 Å². The summed E-state index contributed by atoms with van der Waals surface area (Å²) < 4.78 is 5.66. The first-order valence-electron chi connectivity index (χ1n) is 5.40. The van der Waals surface area contributed by atoms with Gasteiger partial charge in [0.05, 0.1) is 0 Å². The molecule has 0 fully saturated rings. The van der Waals surface area contributed by atoms with E-state index in [0.717, 1.165) is 18.1 Å². The van der Waals surface area contributed by atoms with E-state index in [1.807, 2.05) is 0 Å². The van der Waals surface area contributed by atoms with E-state index in [1.165, 1.54) is 0 Å². The maximum atomic E-state index is 11.7. The Morgan fingerprint density at radius 3 is 2.40 bits per heavy atom. The third-order valence-electron chi connectivity index (χ3n) is 2.96. The Kier molecular flexibility index (Phi) is 4.08. The van der Waals surface area contributed by atoms with Crippen LogP contribution in [0.4, 0.5) is 0 Å². The van der Waals surface area contributed by atoms with Gasteiger partial charge in [0.25, 0.3) is 8.32 Å². The van der Waals surface area contributed by atoms with E-state index in [0.29, 0.717) is 5.69 Å². The van der Waals surface area contributed by atoms with E-state index in [2.05, 4.69) is 31.0 Å². The molecule has 0 saturated carbocycles. The van der Waals surface area contributed by atoms with Crippen molar-refractivity contribution in [1.82, 2.24) is 10.2 Å². The third kappa shape index (κ3) is 2.68. The highest BCUT2D eigenvalue weighted by atomic mass is 28.4. The summed E-state index contributed by atoms with van der Waals surface area (Å²) in [6.45, 7) is 6.29. The van der Waals surface area contributed by atoms with Crippen molar-refractivity contribution >= 4 is 14.3 Å². The molecule has 1 aromatic heterocycles. The summed E-state index contributed by atoms with van der Waals surface area (Å²) in [6, 6.07) is 4.56.